The van der Waals surface area contributed by atoms with Gasteiger partial charge in [-0.2, -0.15) is 4.68 Å². The first kappa shape index (κ1) is 11.7. The predicted molar refractivity (Wildman–Crippen MR) is 70.2 cm³/mol. The quantitative estimate of drug-likeness (QED) is 0.792. The van der Waals surface area contributed by atoms with E-state index in [0.717, 1.165) is 17.1 Å². The highest BCUT2D eigenvalue weighted by atomic mass is 35.5. The van der Waals surface area contributed by atoms with Gasteiger partial charge >= 0.3 is 0 Å². The predicted octanol–water partition coefficient (Wildman–Crippen LogP) is 2.52. The normalized spacial score (nSPS) is 10.6. The summed E-state index contributed by atoms with van der Waals surface area (Å²) in [5.74, 6) is 0.761. The Bertz CT molecular complexity index is 664. The van der Waals surface area contributed by atoms with Gasteiger partial charge in [-0.05, 0) is 46.3 Å². The third-order valence-corrected chi connectivity index (χ3v) is 2.78. The molecule has 0 aliphatic rings. The highest BCUT2D eigenvalue weighted by molar-refractivity contribution is 6.28. The summed E-state index contributed by atoms with van der Waals surface area (Å²) in [4.78, 5) is 0. The topological polar surface area (TPSA) is 68.8 Å². The van der Waals surface area contributed by atoms with Gasteiger partial charge in [0.05, 0.1) is 17.9 Å². The number of benzene rings is 1. The zero-order chi connectivity index (χ0) is 13.1. The van der Waals surface area contributed by atoms with Crippen LogP contribution in [0, 0.1) is 0 Å². The van der Waals surface area contributed by atoms with Crippen molar-refractivity contribution in [1.82, 2.24) is 20.2 Å². The molecule has 19 heavy (non-hydrogen) atoms. The maximum Gasteiger partial charge on any atom is 0.193 e. The van der Waals surface area contributed by atoms with Crippen molar-refractivity contribution in [3.05, 3.63) is 53.7 Å². The molecule has 0 spiro atoms. The molecule has 0 saturated carbocycles. The molecule has 0 fully saturated rings. The van der Waals surface area contributed by atoms with Crippen LogP contribution in [-0.4, -0.2) is 20.2 Å². The Morgan fingerprint density at radius 3 is 2.84 bits per heavy atom. The first-order chi connectivity index (χ1) is 9.33. The number of furan rings is 1. The second-order valence-corrected chi connectivity index (χ2v) is 4.20. The molecular weight excluding hydrogens is 266 g/mol. The molecule has 0 aliphatic heterocycles. The van der Waals surface area contributed by atoms with Crippen LogP contribution in [0.25, 0.3) is 5.69 Å². The molecule has 2 heterocycles. The molecule has 0 aliphatic carbocycles. The molecule has 0 amide bonds. The van der Waals surface area contributed by atoms with Crippen molar-refractivity contribution < 1.29 is 4.42 Å². The number of tetrazole rings is 1. The van der Waals surface area contributed by atoms with Gasteiger partial charge in [0.1, 0.15) is 12.1 Å². The van der Waals surface area contributed by atoms with E-state index < -0.39 is 0 Å². The first-order valence-corrected chi connectivity index (χ1v) is 6.01. The van der Waals surface area contributed by atoms with E-state index in [4.69, 9.17) is 16.0 Å². The van der Waals surface area contributed by atoms with Crippen molar-refractivity contribution in [1.29, 1.82) is 0 Å². The number of nitrogens with zero attached hydrogens (tertiary/aromatic N) is 4. The van der Waals surface area contributed by atoms with E-state index in [1.165, 1.54) is 0 Å². The molecule has 0 atom stereocenters. The third kappa shape index (κ3) is 2.58. The Labute approximate surface area is 114 Å². The number of aromatic nitrogens is 4. The molecule has 0 radical (unpaired) electrons. The Balaban J connectivity index is 1.81. The largest absolute Gasteiger partial charge is 0.448 e. The van der Waals surface area contributed by atoms with Gasteiger partial charge in [0, 0.05) is 0 Å². The van der Waals surface area contributed by atoms with Gasteiger partial charge in [0.25, 0.3) is 0 Å². The van der Waals surface area contributed by atoms with Crippen molar-refractivity contribution in [3.8, 4) is 5.69 Å². The lowest BCUT2D eigenvalue weighted by Crippen LogP contribution is -2.04. The highest BCUT2D eigenvalue weighted by Crippen LogP contribution is 2.20. The summed E-state index contributed by atoms with van der Waals surface area (Å²) in [5.41, 5.74) is 1.77. The van der Waals surface area contributed by atoms with E-state index in [1.54, 1.807) is 17.1 Å². The van der Waals surface area contributed by atoms with Crippen molar-refractivity contribution in [2.75, 3.05) is 5.32 Å². The van der Waals surface area contributed by atoms with Crippen LogP contribution in [0.3, 0.4) is 0 Å². The number of para-hydroxylation sites is 2. The van der Waals surface area contributed by atoms with Gasteiger partial charge in [-0.15, -0.1) is 5.10 Å². The van der Waals surface area contributed by atoms with Crippen molar-refractivity contribution >= 4 is 17.3 Å². The van der Waals surface area contributed by atoms with Gasteiger partial charge in [-0.1, -0.05) is 12.1 Å². The van der Waals surface area contributed by atoms with Crippen LogP contribution in [0.15, 0.2) is 47.1 Å². The van der Waals surface area contributed by atoms with Gasteiger partial charge in [0.2, 0.25) is 0 Å². The molecule has 0 bridgehead atoms. The van der Waals surface area contributed by atoms with Crippen LogP contribution in [0.4, 0.5) is 5.69 Å². The molecule has 1 N–H and O–H groups in total. The first-order valence-electron chi connectivity index (χ1n) is 5.63. The molecule has 3 rings (SSSR count). The average molecular weight is 276 g/mol. The fourth-order valence-electron chi connectivity index (χ4n) is 1.72. The number of rotatable bonds is 4. The van der Waals surface area contributed by atoms with E-state index in [2.05, 4.69) is 20.8 Å². The summed E-state index contributed by atoms with van der Waals surface area (Å²) in [6, 6.07) is 11.3. The summed E-state index contributed by atoms with van der Waals surface area (Å²) in [5, 5.41) is 14.8. The van der Waals surface area contributed by atoms with Gasteiger partial charge in [-0.25, -0.2) is 0 Å². The minimum atomic E-state index is 0.380. The van der Waals surface area contributed by atoms with E-state index in [1.807, 2.05) is 30.3 Å². The maximum atomic E-state index is 5.73. The summed E-state index contributed by atoms with van der Waals surface area (Å²) < 4.78 is 6.89. The standard InChI is InChI=1S/C12H10ClN5O/c13-12-6-5-9(19-12)7-14-10-3-1-2-4-11(10)18-8-15-16-17-18/h1-6,8,14H,7H2. The number of halogens is 1. The summed E-state index contributed by atoms with van der Waals surface area (Å²) in [6.07, 6.45) is 1.55. The van der Waals surface area contributed by atoms with E-state index in [-0.39, 0.29) is 0 Å². The number of anilines is 1. The Kier molecular flexibility index (Phi) is 3.16. The lowest BCUT2D eigenvalue weighted by atomic mass is 10.2. The second kappa shape index (κ2) is 5.11. The molecule has 7 heteroatoms. The lowest BCUT2D eigenvalue weighted by Gasteiger charge is -2.09. The molecule has 96 valence electrons. The number of nitrogens with one attached hydrogen (secondary N) is 1. The monoisotopic (exact) mass is 275 g/mol. The minimum absolute atomic E-state index is 0.380. The zero-order valence-corrected chi connectivity index (χ0v) is 10.6. The minimum Gasteiger partial charge on any atom is -0.448 e. The van der Waals surface area contributed by atoms with Gasteiger partial charge in [-0.3, -0.25) is 0 Å². The summed E-state index contributed by atoms with van der Waals surface area (Å²) in [6.45, 7) is 0.534. The third-order valence-electron chi connectivity index (χ3n) is 2.58. The van der Waals surface area contributed by atoms with Crippen molar-refractivity contribution in [2.45, 2.75) is 6.54 Å². The van der Waals surface area contributed by atoms with E-state index in [9.17, 15) is 0 Å². The van der Waals surface area contributed by atoms with Crippen molar-refractivity contribution in [2.24, 2.45) is 0 Å². The Morgan fingerprint density at radius 2 is 2.11 bits per heavy atom. The molecule has 6 nitrogen and oxygen atoms in total. The SMILES string of the molecule is Clc1ccc(CNc2ccccc2-n2cnnn2)o1. The average Bonchev–Trinajstić information content (AvgIpc) is 3.08. The molecule has 1 aromatic carbocycles. The molecule has 2 aromatic heterocycles. The fraction of sp³-hybridized carbons (Fsp3) is 0.0833. The number of hydrogen-bond acceptors (Lipinski definition) is 5. The molecule has 0 unspecified atom stereocenters. The van der Waals surface area contributed by atoms with Gasteiger partial charge < -0.3 is 9.73 Å². The smallest absolute Gasteiger partial charge is 0.193 e. The Hall–Kier alpha value is -2.34. The highest BCUT2D eigenvalue weighted by Gasteiger charge is 2.06. The maximum absolute atomic E-state index is 5.73. The van der Waals surface area contributed by atoms with Crippen molar-refractivity contribution in [3.63, 3.8) is 0 Å². The fourth-order valence-corrected chi connectivity index (χ4v) is 1.89. The molecule has 0 saturated heterocycles. The summed E-state index contributed by atoms with van der Waals surface area (Å²) in [7, 11) is 0. The molecule has 3 aromatic rings. The van der Waals surface area contributed by atoms with Gasteiger partial charge in [0.15, 0.2) is 5.22 Å². The Morgan fingerprint density at radius 1 is 1.21 bits per heavy atom. The van der Waals surface area contributed by atoms with Crippen LogP contribution >= 0.6 is 11.6 Å². The van der Waals surface area contributed by atoms with E-state index >= 15 is 0 Å². The molecular formula is C12H10ClN5O. The van der Waals surface area contributed by atoms with E-state index in [0.29, 0.717) is 11.8 Å². The van der Waals surface area contributed by atoms with Crippen LogP contribution in [-0.2, 0) is 6.54 Å². The lowest BCUT2D eigenvalue weighted by molar-refractivity contribution is 0.520. The van der Waals surface area contributed by atoms with Crippen LogP contribution in [0.2, 0.25) is 5.22 Å². The van der Waals surface area contributed by atoms with Crippen LogP contribution < -0.4 is 5.32 Å². The van der Waals surface area contributed by atoms with Crippen LogP contribution in [0.1, 0.15) is 5.76 Å². The zero-order valence-electron chi connectivity index (χ0n) is 9.82. The van der Waals surface area contributed by atoms with Crippen LogP contribution in [0.5, 0.6) is 0 Å². The summed E-state index contributed by atoms with van der Waals surface area (Å²) >= 11 is 5.73. The second-order valence-electron chi connectivity index (χ2n) is 3.83. The number of hydrogen-bond donors (Lipinski definition) is 1.